The van der Waals surface area contributed by atoms with Crippen molar-refractivity contribution in [2.24, 2.45) is 0 Å². The lowest BCUT2D eigenvalue weighted by molar-refractivity contribution is 0.897. The van der Waals surface area contributed by atoms with Crippen molar-refractivity contribution in [2.75, 3.05) is 0 Å². The summed E-state index contributed by atoms with van der Waals surface area (Å²) in [4.78, 5) is 4.60. The zero-order chi connectivity index (χ0) is 15.5. The van der Waals surface area contributed by atoms with Gasteiger partial charge in [0.15, 0.2) is 0 Å². The van der Waals surface area contributed by atoms with Crippen LogP contribution < -0.4 is 0 Å². The first-order valence-corrected chi connectivity index (χ1v) is 8.10. The van der Waals surface area contributed by atoms with Gasteiger partial charge in [0, 0.05) is 11.6 Å². The second-order valence-electron chi connectivity index (χ2n) is 6.18. The Kier molecular flexibility index (Phi) is 4.24. The SMILES string of the molecule is CCCc1cc(C)cc(C)c1Cc1cnc2ccccc2c1. The zero-order valence-corrected chi connectivity index (χ0v) is 13.7. The lowest BCUT2D eigenvalue weighted by atomic mass is 9.91. The van der Waals surface area contributed by atoms with Crippen LogP contribution in [0.3, 0.4) is 0 Å². The summed E-state index contributed by atoms with van der Waals surface area (Å²) in [5, 5.41) is 1.22. The molecule has 0 aliphatic heterocycles. The standard InChI is InChI=1S/C21H23N/c1-4-7-18-11-15(2)10-16(3)20(18)13-17-12-19-8-5-6-9-21(19)22-14-17/h5-6,8-12,14H,4,7,13H2,1-3H3. The number of hydrogen-bond donors (Lipinski definition) is 0. The van der Waals surface area contributed by atoms with Gasteiger partial charge in [0.1, 0.15) is 0 Å². The minimum absolute atomic E-state index is 0.972. The van der Waals surface area contributed by atoms with Crippen LogP contribution in [0, 0.1) is 13.8 Å². The second kappa shape index (κ2) is 6.31. The molecule has 22 heavy (non-hydrogen) atoms. The van der Waals surface area contributed by atoms with E-state index in [1.165, 1.54) is 39.6 Å². The fraction of sp³-hybridized carbons (Fsp3) is 0.286. The molecule has 0 N–H and O–H groups in total. The molecular weight excluding hydrogens is 266 g/mol. The summed E-state index contributed by atoms with van der Waals surface area (Å²) in [6, 6.07) is 15.2. The zero-order valence-electron chi connectivity index (χ0n) is 13.7. The van der Waals surface area contributed by atoms with E-state index in [0.717, 1.165) is 18.4 Å². The van der Waals surface area contributed by atoms with Crippen LogP contribution in [0.1, 0.15) is 41.2 Å². The van der Waals surface area contributed by atoms with Crippen LogP contribution >= 0.6 is 0 Å². The molecule has 3 rings (SSSR count). The third-order valence-corrected chi connectivity index (χ3v) is 4.26. The normalized spacial score (nSPS) is 11.0. The largest absolute Gasteiger partial charge is 0.256 e. The van der Waals surface area contributed by atoms with E-state index in [1.54, 1.807) is 0 Å². The summed E-state index contributed by atoms with van der Waals surface area (Å²) in [6.45, 7) is 6.67. The van der Waals surface area contributed by atoms with Gasteiger partial charge in [-0.05, 0) is 61.1 Å². The van der Waals surface area contributed by atoms with Crippen LogP contribution in [-0.2, 0) is 12.8 Å². The number of aryl methyl sites for hydroxylation is 3. The molecule has 0 spiro atoms. The van der Waals surface area contributed by atoms with Gasteiger partial charge in [0.2, 0.25) is 0 Å². The van der Waals surface area contributed by atoms with Gasteiger partial charge in [0.25, 0.3) is 0 Å². The van der Waals surface area contributed by atoms with E-state index in [1.807, 2.05) is 12.3 Å². The number of pyridine rings is 1. The van der Waals surface area contributed by atoms with Crippen LogP contribution in [0.5, 0.6) is 0 Å². The molecule has 1 heteroatoms. The van der Waals surface area contributed by atoms with Crippen LogP contribution in [0.2, 0.25) is 0 Å². The summed E-state index contributed by atoms with van der Waals surface area (Å²) >= 11 is 0. The predicted molar refractivity (Wildman–Crippen MR) is 94.5 cm³/mol. The van der Waals surface area contributed by atoms with Gasteiger partial charge >= 0.3 is 0 Å². The maximum Gasteiger partial charge on any atom is 0.0702 e. The van der Waals surface area contributed by atoms with Gasteiger partial charge in [-0.2, -0.15) is 0 Å². The predicted octanol–water partition coefficient (Wildman–Crippen LogP) is 5.39. The topological polar surface area (TPSA) is 12.9 Å². The first-order valence-electron chi connectivity index (χ1n) is 8.10. The van der Waals surface area contributed by atoms with E-state index in [4.69, 9.17) is 0 Å². The maximum atomic E-state index is 4.60. The molecule has 0 fully saturated rings. The lowest BCUT2D eigenvalue weighted by Gasteiger charge is -2.14. The number of aromatic nitrogens is 1. The highest BCUT2D eigenvalue weighted by molar-refractivity contribution is 5.78. The average molecular weight is 289 g/mol. The van der Waals surface area contributed by atoms with Gasteiger partial charge in [-0.1, -0.05) is 49.2 Å². The Bertz CT molecular complexity index is 802. The van der Waals surface area contributed by atoms with E-state index >= 15 is 0 Å². The van der Waals surface area contributed by atoms with Crippen molar-refractivity contribution in [1.29, 1.82) is 0 Å². The molecule has 0 radical (unpaired) electrons. The van der Waals surface area contributed by atoms with E-state index in [0.29, 0.717) is 0 Å². The molecule has 1 heterocycles. The Balaban J connectivity index is 2.00. The van der Waals surface area contributed by atoms with Crippen LogP contribution in [-0.4, -0.2) is 4.98 Å². The maximum absolute atomic E-state index is 4.60. The molecular formula is C21H23N. The van der Waals surface area contributed by atoms with Crippen molar-refractivity contribution in [3.8, 4) is 0 Å². The number of rotatable bonds is 4. The van der Waals surface area contributed by atoms with Gasteiger partial charge in [-0.15, -0.1) is 0 Å². The minimum atomic E-state index is 0.972. The van der Waals surface area contributed by atoms with E-state index in [-0.39, 0.29) is 0 Å². The van der Waals surface area contributed by atoms with Crippen LogP contribution in [0.4, 0.5) is 0 Å². The molecule has 0 unspecified atom stereocenters. The van der Waals surface area contributed by atoms with Gasteiger partial charge < -0.3 is 0 Å². The molecule has 0 atom stereocenters. The van der Waals surface area contributed by atoms with Gasteiger partial charge in [-0.25, -0.2) is 0 Å². The molecule has 0 bridgehead atoms. The van der Waals surface area contributed by atoms with Crippen molar-refractivity contribution >= 4 is 10.9 Å². The molecule has 0 amide bonds. The summed E-state index contributed by atoms with van der Waals surface area (Å²) in [5.74, 6) is 0. The van der Waals surface area contributed by atoms with Gasteiger partial charge in [-0.3, -0.25) is 4.98 Å². The van der Waals surface area contributed by atoms with Crippen LogP contribution in [0.15, 0.2) is 48.7 Å². The average Bonchev–Trinajstić information content (AvgIpc) is 2.51. The summed E-state index contributed by atoms with van der Waals surface area (Å²) in [6.07, 6.45) is 5.33. The highest BCUT2D eigenvalue weighted by atomic mass is 14.6. The molecule has 3 aromatic rings. The van der Waals surface area contributed by atoms with Gasteiger partial charge in [0.05, 0.1) is 5.52 Å². The third kappa shape index (κ3) is 3.04. The first-order chi connectivity index (χ1) is 10.7. The molecule has 0 saturated heterocycles. The molecule has 2 aromatic carbocycles. The number of benzene rings is 2. The molecule has 1 aromatic heterocycles. The third-order valence-electron chi connectivity index (χ3n) is 4.26. The number of hydrogen-bond acceptors (Lipinski definition) is 1. The Morgan fingerprint density at radius 1 is 1.00 bits per heavy atom. The molecule has 0 aliphatic carbocycles. The Hall–Kier alpha value is -2.15. The van der Waals surface area contributed by atoms with Crippen LogP contribution in [0.25, 0.3) is 10.9 Å². The van der Waals surface area contributed by atoms with Crippen molar-refractivity contribution in [1.82, 2.24) is 4.98 Å². The van der Waals surface area contributed by atoms with E-state index in [2.05, 4.69) is 62.2 Å². The summed E-state index contributed by atoms with van der Waals surface area (Å²) < 4.78 is 0. The minimum Gasteiger partial charge on any atom is -0.256 e. The van der Waals surface area contributed by atoms with Crippen molar-refractivity contribution in [3.63, 3.8) is 0 Å². The van der Waals surface area contributed by atoms with Crippen molar-refractivity contribution in [2.45, 2.75) is 40.0 Å². The van der Waals surface area contributed by atoms with E-state index < -0.39 is 0 Å². The number of para-hydroxylation sites is 1. The second-order valence-corrected chi connectivity index (χ2v) is 6.18. The fourth-order valence-electron chi connectivity index (χ4n) is 3.25. The highest BCUT2D eigenvalue weighted by Crippen LogP contribution is 2.23. The fourth-order valence-corrected chi connectivity index (χ4v) is 3.25. The molecule has 0 aliphatic rings. The Morgan fingerprint density at radius 3 is 2.64 bits per heavy atom. The number of fused-ring (bicyclic) bond motifs is 1. The van der Waals surface area contributed by atoms with E-state index in [9.17, 15) is 0 Å². The summed E-state index contributed by atoms with van der Waals surface area (Å²) in [5.41, 5.74) is 8.10. The number of nitrogens with zero attached hydrogens (tertiary/aromatic N) is 1. The smallest absolute Gasteiger partial charge is 0.0702 e. The monoisotopic (exact) mass is 289 g/mol. The Morgan fingerprint density at radius 2 is 1.82 bits per heavy atom. The first kappa shape index (κ1) is 14.8. The molecule has 112 valence electrons. The Labute approximate surface area is 133 Å². The lowest BCUT2D eigenvalue weighted by Crippen LogP contribution is -2.00. The summed E-state index contributed by atoms with van der Waals surface area (Å²) in [7, 11) is 0. The molecule has 0 saturated carbocycles. The highest BCUT2D eigenvalue weighted by Gasteiger charge is 2.08. The quantitative estimate of drug-likeness (QED) is 0.627. The van der Waals surface area contributed by atoms with Crippen molar-refractivity contribution < 1.29 is 0 Å². The molecule has 1 nitrogen and oxygen atoms in total. The van der Waals surface area contributed by atoms with Crippen molar-refractivity contribution in [3.05, 3.63) is 76.5 Å².